The molecule has 1 amide bonds. The van der Waals surface area contributed by atoms with E-state index < -0.39 is 0 Å². The van der Waals surface area contributed by atoms with Gasteiger partial charge in [0.05, 0.1) is 25.6 Å². The van der Waals surface area contributed by atoms with Crippen molar-refractivity contribution in [1.82, 2.24) is 10.2 Å². The third-order valence-electron chi connectivity index (χ3n) is 4.71. The van der Waals surface area contributed by atoms with Crippen LogP contribution in [0.15, 0.2) is 48.5 Å². The van der Waals surface area contributed by atoms with E-state index in [-0.39, 0.29) is 5.91 Å². The predicted octanol–water partition coefficient (Wildman–Crippen LogP) is 4.22. The molecule has 1 fully saturated rings. The summed E-state index contributed by atoms with van der Waals surface area (Å²) in [5, 5.41) is 10.6. The fourth-order valence-corrected chi connectivity index (χ4v) is 3.12. The minimum Gasteiger partial charge on any atom is -0.493 e. The van der Waals surface area contributed by atoms with Gasteiger partial charge >= 0.3 is 0 Å². The van der Waals surface area contributed by atoms with Gasteiger partial charge in [0.15, 0.2) is 11.5 Å². The molecule has 1 aliphatic carbocycles. The summed E-state index contributed by atoms with van der Waals surface area (Å²) >= 11 is 0. The molecule has 27 heavy (non-hydrogen) atoms. The number of nitrogens with one attached hydrogen (secondary N) is 2. The molecule has 138 valence electrons. The Morgan fingerprint density at radius 1 is 1.07 bits per heavy atom. The highest BCUT2D eigenvalue weighted by molar-refractivity contribution is 6.06. The molecule has 4 rings (SSSR count). The number of anilines is 1. The summed E-state index contributed by atoms with van der Waals surface area (Å²) in [7, 11) is 3.12. The Kier molecular flexibility index (Phi) is 4.54. The van der Waals surface area contributed by atoms with Crippen LogP contribution in [0.25, 0.3) is 11.3 Å². The van der Waals surface area contributed by atoms with E-state index in [1.807, 2.05) is 30.3 Å². The molecule has 0 saturated heterocycles. The van der Waals surface area contributed by atoms with Crippen LogP contribution in [-0.4, -0.2) is 30.3 Å². The van der Waals surface area contributed by atoms with Crippen molar-refractivity contribution in [2.75, 3.05) is 19.5 Å². The lowest BCUT2D eigenvalue weighted by Gasteiger charge is -2.11. The molecule has 0 aliphatic heterocycles. The van der Waals surface area contributed by atoms with Crippen molar-refractivity contribution in [3.8, 4) is 22.8 Å². The first kappa shape index (κ1) is 17.1. The van der Waals surface area contributed by atoms with E-state index >= 15 is 0 Å². The molecular formula is C21H21N3O3. The molecule has 3 aromatic rings. The molecule has 0 unspecified atom stereocenters. The van der Waals surface area contributed by atoms with E-state index in [0.717, 1.165) is 35.5 Å². The standard InChI is InChI=1S/C21H21N3O3/c1-26-16-11-10-15(12-17(16)27-2)21(25)22-20-18(13-6-4-3-5-7-13)23-24-19(20)14-8-9-14/h3-7,10-12,14H,8-9H2,1-2H3,(H,22,25)(H,23,24). The van der Waals surface area contributed by atoms with E-state index in [9.17, 15) is 4.79 Å². The molecule has 2 aromatic carbocycles. The normalized spacial score (nSPS) is 13.3. The number of ether oxygens (including phenoxy) is 2. The number of benzene rings is 2. The number of methoxy groups -OCH3 is 2. The van der Waals surface area contributed by atoms with Gasteiger partial charge in [0.1, 0.15) is 5.69 Å². The summed E-state index contributed by atoms with van der Waals surface area (Å²) in [6.45, 7) is 0. The van der Waals surface area contributed by atoms with Crippen molar-refractivity contribution in [3.05, 3.63) is 59.8 Å². The minimum atomic E-state index is -0.212. The summed E-state index contributed by atoms with van der Waals surface area (Å²) in [4.78, 5) is 12.9. The quantitative estimate of drug-likeness (QED) is 0.687. The number of carbonyl (C=O) groups excluding carboxylic acids is 1. The van der Waals surface area contributed by atoms with Crippen molar-refractivity contribution in [2.24, 2.45) is 0 Å². The lowest BCUT2D eigenvalue weighted by molar-refractivity contribution is 0.102. The Balaban J connectivity index is 1.68. The number of nitrogens with zero attached hydrogens (tertiary/aromatic N) is 1. The highest BCUT2D eigenvalue weighted by Gasteiger charge is 2.31. The van der Waals surface area contributed by atoms with Gasteiger partial charge in [-0.2, -0.15) is 5.10 Å². The van der Waals surface area contributed by atoms with Gasteiger partial charge in [0.2, 0.25) is 0 Å². The van der Waals surface area contributed by atoms with Gasteiger partial charge in [0.25, 0.3) is 5.91 Å². The topological polar surface area (TPSA) is 76.2 Å². The number of carbonyl (C=O) groups is 1. The van der Waals surface area contributed by atoms with Crippen LogP contribution >= 0.6 is 0 Å². The summed E-state index contributed by atoms with van der Waals surface area (Å²) in [5.41, 5.74) is 3.95. The van der Waals surface area contributed by atoms with E-state index in [4.69, 9.17) is 9.47 Å². The molecule has 0 bridgehead atoms. The van der Waals surface area contributed by atoms with Gasteiger partial charge in [-0.3, -0.25) is 9.89 Å². The Hall–Kier alpha value is -3.28. The lowest BCUT2D eigenvalue weighted by Crippen LogP contribution is -2.13. The number of aromatic amines is 1. The van der Waals surface area contributed by atoms with Crippen molar-refractivity contribution < 1.29 is 14.3 Å². The second kappa shape index (κ2) is 7.15. The summed E-state index contributed by atoms with van der Waals surface area (Å²) in [6.07, 6.45) is 2.21. The molecule has 0 spiro atoms. The summed E-state index contributed by atoms with van der Waals surface area (Å²) in [5.74, 6) is 1.32. The highest BCUT2D eigenvalue weighted by atomic mass is 16.5. The number of hydrogen-bond acceptors (Lipinski definition) is 4. The first-order valence-corrected chi connectivity index (χ1v) is 8.88. The average Bonchev–Trinajstić information content (AvgIpc) is 3.48. The molecule has 1 aliphatic rings. The zero-order valence-electron chi connectivity index (χ0n) is 15.3. The van der Waals surface area contributed by atoms with Gasteiger partial charge in [0, 0.05) is 17.0 Å². The molecule has 2 N–H and O–H groups in total. The number of rotatable bonds is 6. The molecule has 1 aromatic heterocycles. The third-order valence-corrected chi connectivity index (χ3v) is 4.71. The summed E-state index contributed by atoms with van der Waals surface area (Å²) < 4.78 is 10.5. The van der Waals surface area contributed by atoms with Crippen LogP contribution in [0, 0.1) is 0 Å². The Morgan fingerprint density at radius 2 is 1.81 bits per heavy atom. The van der Waals surface area contributed by atoms with Crippen LogP contribution in [0.1, 0.15) is 34.8 Å². The largest absolute Gasteiger partial charge is 0.493 e. The first-order chi connectivity index (χ1) is 13.2. The van der Waals surface area contributed by atoms with E-state index in [1.165, 1.54) is 0 Å². The fourth-order valence-electron chi connectivity index (χ4n) is 3.12. The predicted molar refractivity (Wildman–Crippen MR) is 103 cm³/mol. The Morgan fingerprint density at radius 3 is 2.48 bits per heavy atom. The summed E-state index contributed by atoms with van der Waals surface area (Å²) in [6, 6.07) is 15.0. The van der Waals surface area contributed by atoms with Crippen LogP contribution in [-0.2, 0) is 0 Å². The molecular weight excluding hydrogens is 342 g/mol. The van der Waals surface area contributed by atoms with E-state index in [0.29, 0.717) is 23.0 Å². The van der Waals surface area contributed by atoms with Crippen molar-refractivity contribution >= 4 is 11.6 Å². The second-order valence-electron chi connectivity index (χ2n) is 6.53. The molecule has 1 saturated carbocycles. The van der Waals surface area contributed by atoms with Crippen molar-refractivity contribution in [1.29, 1.82) is 0 Å². The van der Waals surface area contributed by atoms with Crippen LogP contribution in [0.4, 0.5) is 5.69 Å². The third kappa shape index (κ3) is 3.38. The maximum absolute atomic E-state index is 12.9. The number of hydrogen-bond donors (Lipinski definition) is 2. The fraction of sp³-hybridized carbons (Fsp3) is 0.238. The zero-order valence-corrected chi connectivity index (χ0v) is 15.3. The Bertz CT molecular complexity index is 962. The van der Waals surface area contributed by atoms with Gasteiger partial charge in [-0.15, -0.1) is 0 Å². The lowest BCUT2D eigenvalue weighted by atomic mass is 10.1. The number of H-pyrrole nitrogens is 1. The van der Waals surface area contributed by atoms with Crippen LogP contribution in [0.3, 0.4) is 0 Å². The molecule has 0 atom stereocenters. The van der Waals surface area contributed by atoms with Gasteiger partial charge in [-0.05, 0) is 31.0 Å². The van der Waals surface area contributed by atoms with E-state index in [1.54, 1.807) is 32.4 Å². The van der Waals surface area contributed by atoms with Crippen LogP contribution in [0.2, 0.25) is 0 Å². The van der Waals surface area contributed by atoms with Gasteiger partial charge in [-0.1, -0.05) is 30.3 Å². The van der Waals surface area contributed by atoms with Crippen LogP contribution in [0.5, 0.6) is 11.5 Å². The molecule has 0 radical (unpaired) electrons. The second-order valence-corrected chi connectivity index (χ2v) is 6.53. The maximum Gasteiger partial charge on any atom is 0.255 e. The molecule has 1 heterocycles. The van der Waals surface area contributed by atoms with Crippen LogP contribution < -0.4 is 14.8 Å². The molecule has 6 heteroatoms. The van der Waals surface area contributed by atoms with Gasteiger partial charge in [-0.25, -0.2) is 0 Å². The molecule has 6 nitrogen and oxygen atoms in total. The Labute approximate surface area is 157 Å². The van der Waals surface area contributed by atoms with Crippen molar-refractivity contribution in [2.45, 2.75) is 18.8 Å². The SMILES string of the molecule is COc1ccc(C(=O)Nc2c(-c3ccccc3)n[nH]c2C2CC2)cc1OC. The maximum atomic E-state index is 12.9. The van der Waals surface area contributed by atoms with E-state index in [2.05, 4.69) is 15.5 Å². The first-order valence-electron chi connectivity index (χ1n) is 8.88. The monoisotopic (exact) mass is 363 g/mol. The van der Waals surface area contributed by atoms with Gasteiger partial charge < -0.3 is 14.8 Å². The zero-order chi connectivity index (χ0) is 18.8. The smallest absolute Gasteiger partial charge is 0.255 e. The highest BCUT2D eigenvalue weighted by Crippen LogP contribution is 2.45. The average molecular weight is 363 g/mol. The number of amides is 1. The minimum absolute atomic E-state index is 0.212. The number of aromatic nitrogens is 2. The van der Waals surface area contributed by atoms with Crippen molar-refractivity contribution in [3.63, 3.8) is 0 Å².